The molecule has 0 aliphatic rings. The SMILES string of the molecule is COc1cc(CNCCSc2nnnn2-c2ccccc2)cc(Br)c1OCc1ccccc1C. The standard InChI is InChI=1S/C25H26BrN5O2S/c1-18-8-6-7-9-20(18)17-33-24-22(26)14-19(15-23(24)32-2)16-27-12-13-34-25-28-29-30-31(25)21-10-4-3-5-11-21/h3-11,14-15,27H,12-13,16-17H2,1-2H3. The molecule has 0 saturated heterocycles. The van der Waals surface area contributed by atoms with Crippen molar-refractivity contribution in [2.24, 2.45) is 0 Å². The van der Waals surface area contributed by atoms with E-state index in [0.29, 0.717) is 24.7 Å². The Labute approximate surface area is 212 Å². The number of hydrogen-bond donors (Lipinski definition) is 1. The van der Waals surface area contributed by atoms with E-state index in [4.69, 9.17) is 9.47 Å². The van der Waals surface area contributed by atoms with Gasteiger partial charge in [-0.15, -0.1) is 5.10 Å². The zero-order valence-electron chi connectivity index (χ0n) is 19.1. The van der Waals surface area contributed by atoms with Crippen molar-refractivity contribution >= 4 is 27.7 Å². The third-order valence-corrected chi connectivity index (χ3v) is 6.71. The van der Waals surface area contributed by atoms with Crippen molar-refractivity contribution in [3.63, 3.8) is 0 Å². The molecular formula is C25H26BrN5O2S. The average molecular weight is 540 g/mol. The van der Waals surface area contributed by atoms with Gasteiger partial charge in [0.05, 0.1) is 17.3 Å². The Morgan fingerprint density at radius 2 is 1.85 bits per heavy atom. The summed E-state index contributed by atoms with van der Waals surface area (Å²) in [5.41, 5.74) is 4.41. The summed E-state index contributed by atoms with van der Waals surface area (Å²) in [5.74, 6) is 2.25. The molecule has 4 aromatic rings. The smallest absolute Gasteiger partial charge is 0.214 e. The lowest BCUT2D eigenvalue weighted by molar-refractivity contribution is 0.281. The van der Waals surface area contributed by atoms with E-state index >= 15 is 0 Å². The fraction of sp³-hybridized carbons (Fsp3) is 0.240. The molecule has 0 radical (unpaired) electrons. The second-order valence-electron chi connectivity index (χ2n) is 7.56. The number of thioether (sulfide) groups is 1. The van der Waals surface area contributed by atoms with Gasteiger partial charge in [-0.2, -0.15) is 4.68 Å². The summed E-state index contributed by atoms with van der Waals surface area (Å²) in [6.45, 7) is 4.08. The van der Waals surface area contributed by atoms with Crippen molar-refractivity contribution in [2.75, 3.05) is 19.4 Å². The minimum atomic E-state index is 0.485. The van der Waals surface area contributed by atoms with Crippen molar-refractivity contribution in [2.45, 2.75) is 25.2 Å². The van der Waals surface area contributed by atoms with Crippen LogP contribution < -0.4 is 14.8 Å². The van der Waals surface area contributed by atoms with Crippen molar-refractivity contribution < 1.29 is 9.47 Å². The van der Waals surface area contributed by atoms with Gasteiger partial charge in [0.25, 0.3) is 0 Å². The average Bonchev–Trinajstić information content (AvgIpc) is 3.33. The Kier molecular flexibility index (Phi) is 8.56. The molecule has 0 atom stereocenters. The molecule has 0 fully saturated rings. The number of nitrogens with zero attached hydrogens (tertiary/aromatic N) is 4. The quantitative estimate of drug-likeness (QED) is 0.207. The van der Waals surface area contributed by atoms with Crippen LogP contribution in [0.1, 0.15) is 16.7 Å². The maximum atomic E-state index is 6.10. The number of tetrazole rings is 1. The predicted molar refractivity (Wildman–Crippen MR) is 138 cm³/mol. The Morgan fingerprint density at radius 1 is 1.06 bits per heavy atom. The van der Waals surface area contributed by atoms with Gasteiger partial charge in [-0.25, -0.2) is 0 Å². The molecular weight excluding hydrogens is 514 g/mol. The molecule has 0 aliphatic heterocycles. The molecule has 0 bridgehead atoms. The largest absolute Gasteiger partial charge is 0.493 e. The highest BCUT2D eigenvalue weighted by Crippen LogP contribution is 2.37. The van der Waals surface area contributed by atoms with Crippen LogP contribution in [0.2, 0.25) is 0 Å². The second kappa shape index (κ2) is 12.0. The Hall–Kier alpha value is -2.88. The normalized spacial score (nSPS) is 10.9. The van der Waals surface area contributed by atoms with E-state index in [2.05, 4.69) is 61.9 Å². The second-order valence-corrected chi connectivity index (χ2v) is 9.47. The van der Waals surface area contributed by atoms with Gasteiger partial charge in [0.15, 0.2) is 11.5 Å². The van der Waals surface area contributed by atoms with Gasteiger partial charge in [-0.3, -0.25) is 0 Å². The summed E-state index contributed by atoms with van der Waals surface area (Å²) in [6, 6.07) is 22.2. The van der Waals surface area contributed by atoms with Crippen LogP contribution in [-0.2, 0) is 13.2 Å². The molecule has 1 N–H and O–H groups in total. The summed E-state index contributed by atoms with van der Waals surface area (Å²) in [4.78, 5) is 0. The van der Waals surface area contributed by atoms with Gasteiger partial charge in [-0.05, 0) is 74.2 Å². The number of halogens is 1. The third kappa shape index (κ3) is 6.16. The number of nitrogens with one attached hydrogen (secondary N) is 1. The highest BCUT2D eigenvalue weighted by Gasteiger charge is 2.13. The first-order valence-electron chi connectivity index (χ1n) is 10.9. The predicted octanol–water partition coefficient (Wildman–Crippen LogP) is 5.20. The minimum absolute atomic E-state index is 0.485. The van der Waals surface area contributed by atoms with E-state index in [9.17, 15) is 0 Å². The fourth-order valence-electron chi connectivity index (χ4n) is 3.38. The van der Waals surface area contributed by atoms with Crippen LogP contribution in [0.4, 0.5) is 0 Å². The van der Waals surface area contributed by atoms with Crippen molar-refractivity contribution in [3.05, 3.63) is 87.9 Å². The molecule has 1 aromatic heterocycles. The number of ether oxygens (including phenoxy) is 2. The van der Waals surface area contributed by atoms with E-state index in [0.717, 1.165) is 38.7 Å². The first-order chi connectivity index (χ1) is 16.7. The highest BCUT2D eigenvalue weighted by atomic mass is 79.9. The number of hydrogen-bond acceptors (Lipinski definition) is 7. The van der Waals surface area contributed by atoms with Crippen molar-refractivity contribution in [3.8, 4) is 17.2 Å². The minimum Gasteiger partial charge on any atom is -0.493 e. The van der Waals surface area contributed by atoms with Crippen LogP contribution in [0.5, 0.6) is 11.5 Å². The van der Waals surface area contributed by atoms with E-state index in [-0.39, 0.29) is 0 Å². The Bertz CT molecular complexity index is 1220. The Morgan fingerprint density at radius 3 is 2.65 bits per heavy atom. The summed E-state index contributed by atoms with van der Waals surface area (Å²) in [7, 11) is 1.66. The number of para-hydroxylation sites is 1. The number of benzene rings is 3. The molecule has 176 valence electrons. The van der Waals surface area contributed by atoms with Crippen LogP contribution in [0, 0.1) is 6.92 Å². The number of rotatable bonds is 11. The molecule has 0 unspecified atom stereocenters. The van der Waals surface area contributed by atoms with Crippen molar-refractivity contribution in [1.29, 1.82) is 0 Å². The molecule has 4 rings (SSSR count). The van der Waals surface area contributed by atoms with Gasteiger partial charge in [0, 0.05) is 18.8 Å². The third-order valence-electron chi connectivity index (χ3n) is 5.20. The van der Waals surface area contributed by atoms with Crippen LogP contribution in [-0.4, -0.2) is 39.6 Å². The van der Waals surface area contributed by atoms with Gasteiger partial charge in [0.1, 0.15) is 6.61 Å². The monoisotopic (exact) mass is 539 g/mol. The molecule has 34 heavy (non-hydrogen) atoms. The van der Waals surface area contributed by atoms with E-state index in [1.165, 1.54) is 5.56 Å². The molecule has 9 heteroatoms. The first-order valence-corrected chi connectivity index (χ1v) is 12.6. The molecule has 0 amide bonds. The van der Waals surface area contributed by atoms with Crippen LogP contribution in [0.3, 0.4) is 0 Å². The number of aromatic nitrogens is 4. The first kappa shape index (κ1) is 24.3. The molecule has 0 aliphatic carbocycles. The van der Waals surface area contributed by atoms with Crippen molar-refractivity contribution in [1.82, 2.24) is 25.5 Å². The van der Waals surface area contributed by atoms with Gasteiger partial charge in [-0.1, -0.05) is 54.2 Å². The molecule has 1 heterocycles. The summed E-state index contributed by atoms with van der Waals surface area (Å²) in [5, 5.41) is 16.3. The summed E-state index contributed by atoms with van der Waals surface area (Å²) in [6.07, 6.45) is 0. The van der Waals surface area contributed by atoms with Crippen LogP contribution in [0.15, 0.2) is 76.4 Å². The number of aryl methyl sites for hydroxylation is 1. The molecule has 0 spiro atoms. The summed E-state index contributed by atoms with van der Waals surface area (Å²) < 4.78 is 14.3. The molecule has 7 nitrogen and oxygen atoms in total. The zero-order chi connectivity index (χ0) is 23.8. The number of methoxy groups -OCH3 is 1. The van der Waals surface area contributed by atoms with Crippen LogP contribution in [0.25, 0.3) is 5.69 Å². The fourth-order valence-corrected chi connectivity index (χ4v) is 4.78. The topological polar surface area (TPSA) is 74.1 Å². The highest BCUT2D eigenvalue weighted by molar-refractivity contribution is 9.10. The van der Waals surface area contributed by atoms with Gasteiger partial charge < -0.3 is 14.8 Å². The lowest BCUT2D eigenvalue weighted by atomic mass is 10.1. The lowest BCUT2D eigenvalue weighted by Crippen LogP contribution is -2.17. The van der Waals surface area contributed by atoms with Crippen LogP contribution >= 0.6 is 27.7 Å². The Balaban J connectivity index is 1.30. The van der Waals surface area contributed by atoms with Gasteiger partial charge in [0.2, 0.25) is 5.16 Å². The molecule has 0 saturated carbocycles. The van der Waals surface area contributed by atoms with E-state index < -0.39 is 0 Å². The zero-order valence-corrected chi connectivity index (χ0v) is 21.5. The van der Waals surface area contributed by atoms with Gasteiger partial charge >= 0.3 is 0 Å². The lowest BCUT2D eigenvalue weighted by Gasteiger charge is -2.15. The maximum absolute atomic E-state index is 6.10. The maximum Gasteiger partial charge on any atom is 0.214 e. The van der Waals surface area contributed by atoms with E-state index in [1.54, 1.807) is 23.6 Å². The van der Waals surface area contributed by atoms with E-state index in [1.807, 2.05) is 48.5 Å². The molecule has 3 aromatic carbocycles. The summed E-state index contributed by atoms with van der Waals surface area (Å²) >= 11 is 5.26.